The van der Waals surface area contributed by atoms with Crippen LogP contribution in [-0.4, -0.2) is 65.5 Å². The van der Waals surface area contributed by atoms with Crippen LogP contribution >= 0.6 is 0 Å². The lowest BCUT2D eigenvalue weighted by atomic mass is 10.0. The van der Waals surface area contributed by atoms with Crippen LogP contribution in [0.2, 0.25) is 0 Å². The second kappa shape index (κ2) is 8.86. The molecule has 1 fully saturated rings. The largest absolute Gasteiger partial charge is 0.357 e. The number of carbonyl (C=O) groups excluding carboxylic acids is 2. The predicted molar refractivity (Wildman–Crippen MR) is 114 cm³/mol. The summed E-state index contributed by atoms with van der Waals surface area (Å²) in [5, 5.41) is 7.41. The lowest BCUT2D eigenvalue weighted by Crippen LogP contribution is -2.51. The van der Waals surface area contributed by atoms with Gasteiger partial charge in [0.2, 0.25) is 5.91 Å². The number of aromatic amines is 1. The molecule has 0 radical (unpaired) electrons. The second-order valence-corrected chi connectivity index (χ2v) is 8.15. The molecule has 3 N–H and O–H groups in total. The molecule has 2 aliphatic heterocycles. The molecule has 0 unspecified atom stereocenters. The Morgan fingerprint density at radius 2 is 1.97 bits per heavy atom. The number of aromatic nitrogens is 1. The van der Waals surface area contributed by atoms with Gasteiger partial charge in [0.25, 0.3) is 0 Å². The van der Waals surface area contributed by atoms with E-state index in [1.165, 1.54) is 10.9 Å². The van der Waals surface area contributed by atoms with Gasteiger partial charge in [0.1, 0.15) is 0 Å². The number of piperidine rings is 1. The molecule has 1 aromatic carbocycles. The average Bonchev–Trinajstić information content (AvgIpc) is 3.11. The number of urea groups is 1. The highest BCUT2D eigenvalue weighted by atomic mass is 16.2. The zero-order valence-electron chi connectivity index (χ0n) is 17.2. The molecule has 7 heteroatoms. The summed E-state index contributed by atoms with van der Waals surface area (Å²) in [4.78, 5) is 32.2. The van der Waals surface area contributed by atoms with Crippen molar-refractivity contribution in [2.75, 3.05) is 32.7 Å². The van der Waals surface area contributed by atoms with Gasteiger partial charge in [-0.05, 0) is 37.3 Å². The highest BCUT2D eigenvalue weighted by Crippen LogP contribution is 2.27. The summed E-state index contributed by atoms with van der Waals surface area (Å²) in [6.07, 6.45) is 3.62. The van der Waals surface area contributed by atoms with Gasteiger partial charge in [0.05, 0.1) is 13.1 Å². The van der Waals surface area contributed by atoms with Crippen molar-refractivity contribution < 1.29 is 9.59 Å². The molecule has 0 atom stereocenters. The van der Waals surface area contributed by atoms with Gasteiger partial charge < -0.3 is 20.5 Å². The van der Waals surface area contributed by atoms with Crippen LogP contribution in [0.15, 0.2) is 24.3 Å². The van der Waals surface area contributed by atoms with Gasteiger partial charge >= 0.3 is 6.03 Å². The first-order valence-corrected chi connectivity index (χ1v) is 10.8. The zero-order chi connectivity index (χ0) is 20.2. The van der Waals surface area contributed by atoms with Crippen molar-refractivity contribution in [2.24, 2.45) is 0 Å². The molecule has 3 amide bonds. The van der Waals surface area contributed by atoms with Gasteiger partial charge in [0.15, 0.2) is 0 Å². The van der Waals surface area contributed by atoms with Crippen molar-refractivity contribution in [1.82, 2.24) is 25.4 Å². The standard InChI is InChI=1S/C22H31N5O2/c1-2-10-23-21(28)15-26-11-7-16(8-12-26)24-22(29)27-13-9-18-17-5-3-4-6-19(17)25-20(18)14-27/h3-6,16,25H,2,7-15H2,1H3,(H,23,28)(H,24,29). The average molecular weight is 398 g/mol. The number of carbonyl (C=O) groups is 2. The number of fused-ring (bicyclic) bond motifs is 3. The maximum Gasteiger partial charge on any atom is 0.317 e. The Hall–Kier alpha value is -2.54. The van der Waals surface area contributed by atoms with Crippen LogP contribution in [0.5, 0.6) is 0 Å². The first kappa shape index (κ1) is 19.8. The summed E-state index contributed by atoms with van der Waals surface area (Å²) in [5.41, 5.74) is 3.65. The van der Waals surface area contributed by atoms with Crippen molar-refractivity contribution >= 4 is 22.8 Å². The Morgan fingerprint density at radius 1 is 1.17 bits per heavy atom. The molecule has 2 aromatic rings. The van der Waals surface area contributed by atoms with E-state index < -0.39 is 0 Å². The number of rotatable bonds is 5. The summed E-state index contributed by atoms with van der Waals surface area (Å²) in [7, 11) is 0. The van der Waals surface area contributed by atoms with Crippen LogP contribution in [0, 0.1) is 0 Å². The summed E-state index contributed by atoms with van der Waals surface area (Å²) < 4.78 is 0. The fourth-order valence-corrected chi connectivity index (χ4v) is 4.39. The quantitative estimate of drug-likeness (QED) is 0.724. The molecule has 0 bridgehead atoms. The van der Waals surface area contributed by atoms with Gasteiger partial charge in [-0.1, -0.05) is 25.1 Å². The summed E-state index contributed by atoms with van der Waals surface area (Å²) in [6, 6.07) is 8.55. The van der Waals surface area contributed by atoms with Crippen molar-refractivity contribution in [1.29, 1.82) is 0 Å². The van der Waals surface area contributed by atoms with Gasteiger partial charge in [-0.15, -0.1) is 0 Å². The molecule has 1 saturated heterocycles. The molecule has 4 rings (SSSR count). The Bertz CT molecular complexity index is 869. The minimum atomic E-state index is 0.0217. The third-order valence-corrected chi connectivity index (χ3v) is 6.02. The molecule has 156 valence electrons. The highest BCUT2D eigenvalue weighted by molar-refractivity contribution is 5.85. The monoisotopic (exact) mass is 397 g/mol. The van der Waals surface area contributed by atoms with Gasteiger partial charge in [-0.2, -0.15) is 0 Å². The van der Waals surface area contributed by atoms with Crippen LogP contribution in [0.4, 0.5) is 4.79 Å². The molecule has 2 aliphatic rings. The van der Waals surface area contributed by atoms with E-state index in [1.807, 2.05) is 11.0 Å². The van der Waals surface area contributed by atoms with E-state index in [9.17, 15) is 9.59 Å². The summed E-state index contributed by atoms with van der Waals surface area (Å²) in [5.74, 6) is 0.0943. The van der Waals surface area contributed by atoms with Gasteiger partial charge in [-0.25, -0.2) is 4.79 Å². The molecular formula is C22H31N5O2. The van der Waals surface area contributed by atoms with Crippen LogP contribution in [0.3, 0.4) is 0 Å². The molecule has 0 spiro atoms. The maximum atomic E-state index is 12.8. The van der Waals surface area contributed by atoms with Gasteiger partial charge in [0, 0.05) is 48.8 Å². The van der Waals surface area contributed by atoms with E-state index in [0.29, 0.717) is 13.1 Å². The lowest BCUT2D eigenvalue weighted by molar-refractivity contribution is -0.122. The van der Waals surface area contributed by atoms with Crippen molar-refractivity contribution in [3.05, 3.63) is 35.5 Å². The first-order chi connectivity index (χ1) is 14.1. The molecule has 0 aliphatic carbocycles. The van der Waals surface area contributed by atoms with Gasteiger partial charge in [-0.3, -0.25) is 9.69 Å². The second-order valence-electron chi connectivity index (χ2n) is 8.15. The molecule has 0 saturated carbocycles. The number of hydrogen-bond acceptors (Lipinski definition) is 3. The van der Waals surface area contributed by atoms with Crippen molar-refractivity contribution in [2.45, 2.75) is 45.2 Å². The number of H-pyrrole nitrogens is 1. The van der Waals surface area contributed by atoms with Crippen LogP contribution in [0.1, 0.15) is 37.4 Å². The topological polar surface area (TPSA) is 80.5 Å². The summed E-state index contributed by atoms with van der Waals surface area (Å²) in [6.45, 7) is 6.31. The Labute approximate surface area is 171 Å². The number of nitrogens with one attached hydrogen (secondary N) is 3. The normalized spacial score (nSPS) is 17.9. The fourth-order valence-electron chi connectivity index (χ4n) is 4.39. The lowest BCUT2D eigenvalue weighted by Gasteiger charge is -2.34. The van der Waals surface area contributed by atoms with E-state index in [1.54, 1.807) is 0 Å². The number of likely N-dealkylation sites (tertiary alicyclic amines) is 1. The SMILES string of the molecule is CCCNC(=O)CN1CCC(NC(=O)N2CCc3c([nH]c4ccccc34)C2)CC1. The smallest absolute Gasteiger partial charge is 0.317 e. The van der Waals surface area contributed by atoms with E-state index in [0.717, 1.165) is 63.1 Å². The van der Waals surface area contributed by atoms with E-state index in [2.05, 4.69) is 45.6 Å². The number of benzene rings is 1. The molecule has 1 aromatic heterocycles. The number of hydrogen-bond donors (Lipinski definition) is 3. The highest BCUT2D eigenvalue weighted by Gasteiger charge is 2.27. The third kappa shape index (κ3) is 4.56. The van der Waals surface area contributed by atoms with E-state index >= 15 is 0 Å². The fraction of sp³-hybridized carbons (Fsp3) is 0.545. The van der Waals surface area contributed by atoms with E-state index in [4.69, 9.17) is 0 Å². The first-order valence-electron chi connectivity index (χ1n) is 10.8. The number of nitrogens with zero attached hydrogens (tertiary/aromatic N) is 2. The summed E-state index contributed by atoms with van der Waals surface area (Å²) >= 11 is 0. The Morgan fingerprint density at radius 3 is 2.76 bits per heavy atom. The third-order valence-electron chi connectivity index (χ3n) is 6.02. The minimum Gasteiger partial charge on any atom is -0.357 e. The zero-order valence-corrected chi connectivity index (χ0v) is 17.2. The number of para-hydroxylation sites is 1. The van der Waals surface area contributed by atoms with E-state index in [-0.39, 0.29) is 18.0 Å². The Balaban J connectivity index is 1.26. The maximum absolute atomic E-state index is 12.8. The predicted octanol–water partition coefficient (Wildman–Crippen LogP) is 2.23. The molecule has 7 nitrogen and oxygen atoms in total. The number of amides is 3. The van der Waals surface area contributed by atoms with Crippen LogP contribution in [0.25, 0.3) is 10.9 Å². The van der Waals surface area contributed by atoms with Crippen LogP contribution in [-0.2, 0) is 17.8 Å². The molecular weight excluding hydrogens is 366 g/mol. The van der Waals surface area contributed by atoms with Crippen molar-refractivity contribution in [3.8, 4) is 0 Å². The van der Waals surface area contributed by atoms with Crippen LogP contribution < -0.4 is 10.6 Å². The van der Waals surface area contributed by atoms with Crippen molar-refractivity contribution in [3.63, 3.8) is 0 Å². The molecule has 29 heavy (non-hydrogen) atoms. The minimum absolute atomic E-state index is 0.0217. The molecule has 3 heterocycles. The Kier molecular flexibility index (Phi) is 6.04.